The summed E-state index contributed by atoms with van der Waals surface area (Å²) in [6.07, 6.45) is 5.48. The molecule has 0 aliphatic rings. The Morgan fingerprint density at radius 2 is 1.88 bits per heavy atom. The predicted molar refractivity (Wildman–Crippen MR) is 99.8 cm³/mol. The fourth-order valence-corrected chi connectivity index (χ4v) is 2.77. The Morgan fingerprint density at radius 1 is 1.15 bits per heavy atom. The molecule has 0 saturated carbocycles. The number of methoxy groups -OCH3 is 1. The number of hydrogen-bond acceptors (Lipinski definition) is 4. The van der Waals surface area contributed by atoms with E-state index in [9.17, 15) is 4.79 Å². The average Bonchev–Trinajstić information content (AvgIpc) is 3.03. The molecule has 0 fully saturated rings. The fraction of sp³-hybridized carbons (Fsp3) is 0.143. The number of fused-ring (bicyclic) bond motifs is 1. The molecule has 3 aromatic rings. The third kappa shape index (κ3) is 3.76. The molecule has 0 radical (unpaired) electrons. The molecule has 2 aromatic carbocycles. The Morgan fingerprint density at radius 3 is 2.65 bits per heavy atom. The summed E-state index contributed by atoms with van der Waals surface area (Å²) in [5.74, 6) is 0.395. The highest BCUT2D eigenvalue weighted by Crippen LogP contribution is 2.26. The zero-order valence-corrected chi connectivity index (χ0v) is 14.4. The molecule has 0 spiro atoms. The van der Waals surface area contributed by atoms with Gasteiger partial charge in [0.25, 0.3) is 0 Å². The molecule has 130 valence electrons. The zero-order valence-electron chi connectivity index (χ0n) is 14.4. The van der Waals surface area contributed by atoms with Crippen LogP contribution in [0.2, 0.25) is 0 Å². The predicted octanol–water partition coefficient (Wildman–Crippen LogP) is 4.18. The molecule has 0 unspecified atom stereocenters. The van der Waals surface area contributed by atoms with Gasteiger partial charge in [-0.15, -0.1) is 0 Å². The highest BCUT2D eigenvalue weighted by molar-refractivity contribution is 5.95. The summed E-state index contributed by atoms with van der Waals surface area (Å²) in [5, 5.41) is 9.84. The molecule has 0 bridgehead atoms. The second kappa shape index (κ2) is 8.04. The molecular weight excluding hydrogens is 328 g/mol. The van der Waals surface area contributed by atoms with Gasteiger partial charge in [-0.1, -0.05) is 30.3 Å². The van der Waals surface area contributed by atoms with E-state index >= 15 is 0 Å². The van der Waals surface area contributed by atoms with Gasteiger partial charge < -0.3 is 14.0 Å². The van der Waals surface area contributed by atoms with Gasteiger partial charge in [-0.3, -0.25) is 0 Å². The van der Waals surface area contributed by atoms with Crippen LogP contribution in [0, 0.1) is 11.3 Å². The Balaban J connectivity index is 1.82. The lowest BCUT2D eigenvalue weighted by molar-refractivity contribution is -0.129. The van der Waals surface area contributed by atoms with Crippen molar-refractivity contribution in [3.8, 4) is 17.6 Å². The van der Waals surface area contributed by atoms with Crippen LogP contribution in [0.25, 0.3) is 17.0 Å². The monoisotopic (exact) mass is 346 g/mol. The van der Waals surface area contributed by atoms with Gasteiger partial charge in [0, 0.05) is 35.3 Å². The molecule has 1 aromatic heterocycles. The van der Waals surface area contributed by atoms with E-state index in [0.717, 1.165) is 16.5 Å². The number of esters is 1. The summed E-state index contributed by atoms with van der Waals surface area (Å²) in [4.78, 5) is 12.2. The minimum absolute atomic E-state index is 0.376. The molecule has 0 aliphatic heterocycles. The number of ether oxygens (including phenoxy) is 2. The van der Waals surface area contributed by atoms with E-state index in [1.165, 1.54) is 13.2 Å². The van der Waals surface area contributed by atoms with Crippen molar-refractivity contribution in [3.63, 3.8) is 0 Å². The van der Waals surface area contributed by atoms with Crippen LogP contribution in [-0.2, 0) is 11.3 Å². The van der Waals surface area contributed by atoms with Crippen LogP contribution < -0.4 is 9.47 Å². The Labute approximate surface area is 151 Å². The molecule has 0 saturated heterocycles. The van der Waals surface area contributed by atoms with E-state index in [1.807, 2.05) is 41.1 Å². The summed E-state index contributed by atoms with van der Waals surface area (Å²) >= 11 is 0. The normalized spacial score (nSPS) is 10.8. The first-order chi connectivity index (χ1) is 12.7. The molecular formula is C21H18N2O3. The third-order valence-corrected chi connectivity index (χ3v) is 3.96. The average molecular weight is 346 g/mol. The molecule has 0 aliphatic carbocycles. The molecule has 1 heterocycles. The summed E-state index contributed by atoms with van der Waals surface area (Å²) in [7, 11) is 1.53. The number of rotatable bonds is 6. The van der Waals surface area contributed by atoms with E-state index in [-0.39, 0.29) is 0 Å². The number of aryl methyl sites for hydroxylation is 1. The van der Waals surface area contributed by atoms with Gasteiger partial charge in [-0.2, -0.15) is 5.26 Å². The highest BCUT2D eigenvalue weighted by Gasteiger charge is 2.09. The van der Waals surface area contributed by atoms with Gasteiger partial charge in [0.05, 0.1) is 19.6 Å². The van der Waals surface area contributed by atoms with Crippen molar-refractivity contribution in [1.82, 2.24) is 4.57 Å². The number of nitriles is 1. The van der Waals surface area contributed by atoms with Gasteiger partial charge in [0.2, 0.25) is 0 Å². The highest BCUT2D eigenvalue weighted by atomic mass is 16.6. The van der Waals surface area contributed by atoms with Crippen LogP contribution in [0.15, 0.2) is 60.8 Å². The summed E-state index contributed by atoms with van der Waals surface area (Å²) in [5.41, 5.74) is 1.93. The van der Waals surface area contributed by atoms with Gasteiger partial charge in [-0.25, -0.2) is 4.79 Å². The lowest BCUT2D eigenvalue weighted by atomic mass is 10.1. The second-order valence-corrected chi connectivity index (χ2v) is 5.61. The molecule has 5 nitrogen and oxygen atoms in total. The quantitative estimate of drug-likeness (QED) is 0.381. The van der Waals surface area contributed by atoms with Crippen LogP contribution in [0.3, 0.4) is 0 Å². The number of hydrogen-bond donors (Lipinski definition) is 0. The summed E-state index contributed by atoms with van der Waals surface area (Å²) < 4.78 is 12.5. The Hall–Kier alpha value is -3.52. The number of carbonyl (C=O) groups is 1. The summed E-state index contributed by atoms with van der Waals surface area (Å²) in [6.45, 7) is 0.608. The molecule has 0 N–H and O–H groups in total. The number of aromatic nitrogens is 1. The maximum atomic E-state index is 12.2. The topological polar surface area (TPSA) is 64.2 Å². The third-order valence-electron chi connectivity index (χ3n) is 3.96. The number of benzene rings is 2. The first-order valence-electron chi connectivity index (χ1n) is 8.20. The van der Waals surface area contributed by atoms with Crippen molar-refractivity contribution in [1.29, 1.82) is 5.26 Å². The maximum absolute atomic E-state index is 12.2. The van der Waals surface area contributed by atoms with E-state index in [0.29, 0.717) is 24.5 Å². The largest absolute Gasteiger partial charge is 0.493 e. The molecule has 26 heavy (non-hydrogen) atoms. The van der Waals surface area contributed by atoms with Crippen LogP contribution in [0.5, 0.6) is 11.5 Å². The number of carbonyl (C=O) groups excluding carboxylic acids is 1. The standard InChI is InChI=1S/C21H18N2O3/c1-25-19-9-4-5-10-20(19)26-21(24)12-11-16-15-23(14-6-13-22)18-8-3-2-7-17(16)18/h2-5,7-12,15H,6,14H2,1H3/b12-11+. The number of para-hydroxylation sites is 3. The van der Waals surface area contributed by atoms with E-state index < -0.39 is 5.97 Å². The fourth-order valence-electron chi connectivity index (χ4n) is 2.77. The molecule has 0 atom stereocenters. The van der Waals surface area contributed by atoms with Crippen molar-refractivity contribution < 1.29 is 14.3 Å². The van der Waals surface area contributed by atoms with E-state index in [2.05, 4.69) is 6.07 Å². The molecule has 0 amide bonds. The number of nitrogens with zero attached hydrogens (tertiary/aromatic N) is 2. The van der Waals surface area contributed by atoms with E-state index in [1.54, 1.807) is 24.3 Å². The van der Waals surface area contributed by atoms with Gasteiger partial charge >= 0.3 is 5.97 Å². The summed E-state index contributed by atoms with van der Waals surface area (Å²) in [6, 6.07) is 17.0. The maximum Gasteiger partial charge on any atom is 0.336 e. The Bertz CT molecular complexity index is 996. The molecule has 3 rings (SSSR count). The van der Waals surface area contributed by atoms with Gasteiger partial charge in [-0.05, 0) is 24.3 Å². The van der Waals surface area contributed by atoms with Crippen LogP contribution in [0.4, 0.5) is 0 Å². The first kappa shape index (κ1) is 17.3. The second-order valence-electron chi connectivity index (χ2n) is 5.61. The van der Waals surface area contributed by atoms with Crippen LogP contribution in [0.1, 0.15) is 12.0 Å². The first-order valence-corrected chi connectivity index (χ1v) is 8.20. The lowest BCUT2D eigenvalue weighted by Crippen LogP contribution is -2.04. The smallest absolute Gasteiger partial charge is 0.336 e. The SMILES string of the molecule is COc1ccccc1OC(=O)/C=C/c1cn(CCC#N)c2ccccc12. The van der Waals surface area contributed by atoms with Crippen LogP contribution in [-0.4, -0.2) is 17.6 Å². The van der Waals surface area contributed by atoms with Gasteiger partial charge in [0.1, 0.15) is 0 Å². The van der Waals surface area contributed by atoms with Crippen LogP contribution >= 0.6 is 0 Å². The Kier molecular flexibility index (Phi) is 5.35. The van der Waals surface area contributed by atoms with E-state index in [4.69, 9.17) is 14.7 Å². The van der Waals surface area contributed by atoms with Crippen molar-refractivity contribution in [2.45, 2.75) is 13.0 Å². The van der Waals surface area contributed by atoms with Gasteiger partial charge in [0.15, 0.2) is 11.5 Å². The van der Waals surface area contributed by atoms with Crippen molar-refractivity contribution in [2.24, 2.45) is 0 Å². The minimum atomic E-state index is -0.483. The van der Waals surface area contributed by atoms with Crippen molar-refractivity contribution >= 4 is 22.9 Å². The lowest BCUT2D eigenvalue weighted by Gasteiger charge is -2.06. The van der Waals surface area contributed by atoms with Crippen molar-refractivity contribution in [2.75, 3.05) is 7.11 Å². The van der Waals surface area contributed by atoms with Crippen molar-refractivity contribution in [3.05, 3.63) is 66.4 Å². The molecule has 5 heteroatoms. The zero-order chi connectivity index (χ0) is 18.4. The minimum Gasteiger partial charge on any atom is -0.493 e.